The number of amides is 1. The molecule has 0 radical (unpaired) electrons. The van der Waals surface area contributed by atoms with Gasteiger partial charge in [-0.15, -0.1) is 0 Å². The number of thiocarbonyl (C=S) groups is 1. The summed E-state index contributed by atoms with van der Waals surface area (Å²) in [6, 6.07) is 5.29. The molecule has 0 saturated carbocycles. The lowest BCUT2D eigenvalue weighted by Gasteiger charge is -2.28. The summed E-state index contributed by atoms with van der Waals surface area (Å²) in [6.45, 7) is 4.69. The van der Waals surface area contributed by atoms with Crippen molar-refractivity contribution < 1.29 is 9.53 Å². The van der Waals surface area contributed by atoms with Gasteiger partial charge in [-0.1, -0.05) is 53.2 Å². The smallest absolute Gasteiger partial charge is 0.266 e. The molecule has 0 bridgehead atoms. The van der Waals surface area contributed by atoms with E-state index in [-0.39, 0.29) is 5.91 Å². The lowest BCUT2D eigenvalue weighted by Crippen LogP contribution is -2.42. The molecule has 1 amide bonds. The molecule has 0 N–H and O–H groups in total. The number of rotatable bonds is 4. The summed E-state index contributed by atoms with van der Waals surface area (Å²) in [7, 11) is 0. The zero-order chi connectivity index (χ0) is 17.1. The molecular weight excluding hydrogens is 387 g/mol. The molecule has 128 valence electrons. The van der Waals surface area contributed by atoms with Gasteiger partial charge >= 0.3 is 0 Å². The number of thioether (sulfide) groups is 1. The highest BCUT2D eigenvalue weighted by Crippen LogP contribution is 2.33. The predicted molar refractivity (Wildman–Crippen MR) is 104 cm³/mol. The van der Waals surface area contributed by atoms with E-state index >= 15 is 0 Å². The summed E-state index contributed by atoms with van der Waals surface area (Å²) in [5.74, 6) is -0.0515. The average Bonchev–Trinajstić information content (AvgIpc) is 2.84. The van der Waals surface area contributed by atoms with E-state index in [2.05, 4.69) is 4.90 Å². The van der Waals surface area contributed by atoms with Crippen LogP contribution in [0.5, 0.6) is 0 Å². The molecule has 1 aromatic carbocycles. The summed E-state index contributed by atoms with van der Waals surface area (Å²) < 4.78 is 5.93. The number of carbonyl (C=O) groups is 1. The van der Waals surface area contributed by atoms with Crippen molar-refractivity contribution in [3.05, 3.63) is 38.7 Å². The van der Waals surface area contributed by atoms with Crippen molar-refractivity contribution in [2.45, 2.75) is 0 Å². The van der Waals surface area contributed by atoms with Crippen LogP contribution in [0, 0.1) is 0 Å². The summed E-state index contributed by atoms with van der Waals surface area (Å²) in [5, 5.41) is 0.958. The first-order chi connectivity index (χ1) is 11.5. The van der Waals surface area contributed by atoms with Crippen molar-refractivity contribution in [3.63, 3.8) is 0 Å². The molecule has 0 aliphatic carbocycles. The monoisotopic (exact) mass is 402 g/mol. The molecule has 0 aromatic heterocycles. The van der Waals surface area contributed by atoms with Crippen LogP contribution >= 0.6 is 47.2 Å². The van der Waals surface area contributed by atoms with Gasteiger partial charge < -0.3 is 4.74 Å². The molecule has 2 saturated heterocycles. The quantitative estimate of drug-likeness (QED) is 0.568. The largest absolute Gasteiger partial charge is 0.379 e. The molecule has 0 spiro atoms. The maximum atomic E-state index is 12.6. The minimum atomic E-state index is -0.0515. The van der Waals surface area contributed by atoms with E-state index in [1.807, 2.05) is 6.07 Å². The minimum Gasteiger partial charge on any atom is -0.379 e. The van der Waals surface area contributed by atoms with Gasteiger partial charge in [0.2, 0.25) is 0 Å². The summed E-state index contributed by atoms with van der Waals surface area (Å²) in [4.78, 5) is 17.2. The highest BCUT2D eigenvalue weighted by atomic mass is 35.5. The molecule has 24 heavy (non-hydrogen) atoms. The van der Waals surface area contributed by atoms with Gasteiger partial charge in [-0.3, -0.25) is 14.6 Å². The fraction of sp³-hybridized carbons (Fsp3) is 0.375. The Bertz CT molecular complexity index is 691. The van der Waals surface area contributed by atoms with E-state index in [9.17, 15) is 4.79 Å². The normalized spacial score (nSPS) is 21.1. The van der Waals surface area contributed by atoms with Crippen molar-refractivity contribution in [3.8, 4) is 0 Å². The SMILES string of the molecule is O=C1/C(=C\c2ccc(Cl)c(Cl)c2)SC(=S)N1CCN1CCOCC1. The first kappa shape index (κ1) is 18.2. The predicted octanol–water partition coefficient (Wildman–Crippen LogP) is 3.53. The Balaban J connectivity index is 1.66. The van der Waals surface area contributed by atoms with E-state index in [0.29, 0.717) is 25.8 Å². The van der Waals surface area contributed by atoms with Crippen molar-refractivity contribution in [2.24, 2.45) is 0 Å². The Morgan fingerprint density at radius 3 is 2.67 bits per heavy atom. The standard InChI is InChI=1S/C16H16Cl2N2O2S2/c17-12-2-1-11(9-13(12)18)10-14-15(21)20(16(23)24-14)4-3-19-5-7-22-8-6-19/h1-2,9-10H,3-8H2/b14-10+. The van der Waals surface area contributed by atoms with E-state index in [0.717, 1.165) is 38.4 Å². The van der Waals surface area contributed by atoms with Gasteiger partial charge in [0.05, 0.1) is 28.2 Å². The van der Waals surface area contributed by atoms with Gasteiger partial charge in [0, 0.05) is 26.2 Å². The Labute approximate surface area is 160 Å². The van der Waals surface area contributed by atoms with Gasteiger partial charge in [-0.05, 0) is 23.8 Å². The van der Waals surface area contributed by atoms with Crippen molar-refractivity contribution in [1.29, 1.82) is 0 Å². The third-order valence-corrected chi connectivity index (χ3v) is 5.98. The van der Waals surface area contributed by atoms with Crippen molar-refractivity contribution in [1.82, 2.24) is 9.80 Å². The number of benzene rings is 1. The van der Waals surface area contributed by atoms with Crippen molar-refractivity contribution >= 4 is 63.5 Å². The first-order valence-electron chi connectivity index (χ1n) is 7.55. The second kappa shape index (κ2) is 8.17. The van der Waals surface area contributed by atoms with Crippen LogP contribution in [0.4, 0.5) is 0 Å². The van der Waals surface area contributed by atoms with E-state index in [4.69, 9.17) is 40.2 Å². The van der Waals surface area contributed by atoms with Crippen LogP contribution < -0.4 is 0 Å². The summed E-state index contributed by atoms with van der Waals surface area (Å²) in [5.41, 5.74) is 0.832. The van der Waals surface area contributed by atoms with Crippen LogP contribution in [-0.2, 0) is 9.53 Å². The van der Waals surface area contributed by atoms with Crippen LogP contribution in [0.2, 0.25) is 10.0 Å². The van der Waals surface area contributed by atoms with Crippen molar-refractivity contribution in [2.75, 3.05) is 39.4 Å². The maximum absolute atomic E-state index is 12.6. The van der Waals surface area contributed by atoms with E-state index < -0.39 is 0 Å². The molecule has 2 fully saturated rings. The van der Waals surface area contributed by atoms with Gasteiger partial charge in [0.1, 0.15) is 4.32 Å². The molecule has 2 heterocycles. The summed E-state index contributed by atoms with van der Waals surface area (Å²) in [6.07, 6.45) is 1.80. The van der Waals surface area contributed by atoms with Crippen LogP contribution in [-0.4, -0.2) is 59.4 Å². The second-order valence-corrected chi connectivity index (χ2v) is 7.95. The highest BCUT2D eigenvalue weighted by Gasteiger charge is 2.32. The molecule has 4 nitrogen and oxygen atoms in total. The maximum Gasteiger partial charge on any atom is 0.266 e. The molecule has 0 unspecified atom stereocenters. The van der Waals surface area contributed by atoms with Crippen LogP contribution in [0.15, 0.2) is 23.1 Å². The van der Waals surface area contributed by atoms with Gasteiger partial charge in [-0.2, -0.15) is 0 Å². The van der Waals surface area contributed by atoms with Crippen LogP contribution in [0.1, 0.15) is 5.56 Å². The zero-order valence-electron chi connectivity index (χ0n) is 12.8. The number of carbonyl (C=O) groups excluding carboxylic acids is 1. The number of morpholine rings is 1. The number of halogens is 2. The lowest BCUT2D eigenvalue weighted by molar-refractivity contribution is -0.122. The fourth-order valence-electron chi connectivity index (χ4n) is 2.51. The number of nitrogens with zero attached hydrogens (tertiary/aromatic N) is 2. The molecule has 8 heteroatoms. The van der Waals surface area contributed by atoms with Gasteiger partial charge in [0.15, 0.2) is 0 Å². The summed E-state index contributed by atoms with van der Waals surface area (Å²) >= 11 is 18.6. The average molecular weight is 403 g/mol. The van der Waals surface area contributed by atoms with E-state index in [1.165, 1.54) is 11.8 Å². The molecule has 1 aromatic rings. The Kier molecular flexibility index (Phi) is 6.18. The molecule has 2 aliphatic heterocycles. The Hall–Kier alpha value is -0.630. The molecule has 0 atom stereocenters. The minimum absolute atomic E-state index is 0.0515. The van der Waals surface area contributed by atoms with Gasteiger partial charge in [0.25, 0.3) is 5.91 Å². The number of hydrogen-bond acceptors (Lipinski definition) is 5. The van der Waals surface area contributed by atoms with Crippen LogP contribution in [0.3, 0.4) is 0 Å². The third kappa shape index (κ3) is 4.31. The Morgan fingerprint density at radius 2 is 1.96 bits per heavy atom. The Morgan fingerprint density at radius 1 is 1.21 bits per heavy atom. The van der Waals surface area contributed by atoms with Crippen LogP contribution in [0.25, 0.3) is 6.08 Å². The first-order valence-corrected chi connectivity index (χ1v) is 9.53. The van der Waals surface area contributed by atoms with Gasteiger partial charge in [-0.25, -0.2) is 0 Å². The van der Waals surface area contributed by atoms with E-state index in [1.54, 1.807) is 23.1 Å². The molecule has 2 aliphatic rings. The topological polar surface area (TPSA) is 32.8 Å². The molecular formula is C16H16Cl2N2O2S2. The second-order valence-electron chi connectivity index (χ2n) is 5.46. The lowest BCUT2D eigenvalue weighted by atomic mass is 10.2. The fourth-order valence-corrected chi connectivity index (χ4v) is 4.13. The zero-order valence-corrected chi connectivity index (χ0v) is 16.0. The number of ether oxygens (including phenoxy) is 1. The molecule has 3 rings (SSSR count). The highest BCUT2D eigenvalue weighted by molar-refractivity contribution is 8.26. The number of hydrogen-bond donors (Lipinski definition) is 0. The third-order valence-electron chi connectivity index (χ3n) is 3.86.